The van der Waals surface area contributed by atoms with Crippen molar-refractivity contribution in [3.05, 3.63) is 95.6 Å². The molecule has 0 atom stereocenters. The van der Waals surface area contributed by atoms with E-state index in [0.717, 1.165) is 28.1 Å². The van der Waals surface area contributed by atoms with Crippen LogP contribution in [0, 0.1) is 0 Å². The van der Waals surface area contributed by atoms with Crippen molar-refractivity contribution in [2.24, 2.45) is 0 Å². The van der Waals surface area contributed by atoms with Crippen molar-refractivity contribution in [3.8, 4) is 5.75 Å². The lowest BCUT2D eigenvalue weighted by Crippen LogP contribution is -2.48. The number of alkyl carbamates (subject to hydrolysis) is 1. The second-order valence-electron chi connectivity index (χ2n) is 8.75. The Morgan fingerprint density at radius 2 is 1.43 bits per heavy atom. The highest BCUT2D eigenvalue weighted by Crippen LogP contribution is 2.27. The van der Waals surface area contributed by atoms with Crippen LogP contribution in [0.4, 0.5) is 15.3 Å². The second kappa shape index (κ2) is 13.2. The lowest BCUT2D eigenvalue weighted by molar-refractivity contribution is 0.0942. The summed E-state index contributed by atoms with van der Waals surface area (Å²) in [6.07, 6.45) is -0.115. The third-order valence-corrected chi connectivity index (χ3v) is 6.26. The van der Waals surface area contributed by atoms with Crippen molar-refractivity contribution in [1.82, 2.24) is 10.2 Å². The van der Waals surface area contributed by atoms with Gasteiger partial charge in [0, 0.05) is 44.5 Å². The van der Waals surface area contributed by atoms with Gasteiger partial charge in [-0.15, -0.1) is 0 Å². The first kappa shape index (κ1) is 25.9. The molecule has 0 bridgehead atoms. The number of piperazine rings is 1. The molecule has 2 amide bonds. The summed E-state index contributed by atoms with van der Waals surface area (Å²) >= 11 is 0. The quantitative estimate of drug-likeness (QED) is 0.459. The number of methoxy groups -OCH3 is 1. The summed E-state index contributed by atoms with van der Waals surface area (Å²) < 4.78 is 16.3. The fourth-order valence-electron chi connectivity index (χ4n) is 4.17. The smallest absolute Gasteiger partial charge is 0.410 e. The fourth-order valence-corrected chi connectivity index (χ4v) is 4.17. The first-order valence-corrected chi connectivity index (χ1v) is 12.4. The molecule has 8 nitrogen and oxygen atoms in total. The molecule has 1 fully saturated rings. The highest BCUT2D eigenvalue weighted by atomic mass is 16.6. The lowest BCUT2D eigenvalue weighted by Gasteiger charge is -2.35. The third-order valence-electron chi connectivity index (χ3n) is 6.26. The molecule has 0 saturated carbocycles. The van der Waals surface area contributed by atoms with E-state index >= 15 is 0 Å². The highest BCUT2D eigenvalue weighted by Gasteiger charge is 2.23. The van der Waals surface area contributed by atoms with Crippen LogP contribution in [0.3, 0.4) is 0 Å². The highest BCUT2D eigenvalue weighted by molar-refractivity contribution is 5.68. The SMILES string of the molecule is COc1cc(N2CCN(C(=O)OCc3ccccc3)CC2)ccc1CCNC(=O)OCc1ccccc1. The predicted molar refractivity (Wildman–Crippen MR) is 142 cm³/mol. The van der Waals surface area contributed by atoms with Gasteiger partial charge >= 0.3 is 12.2 Å². The molecule has 3 aromatic rings. The molecular weight excluding hydrogens is 470 g/mol. The normalized spacial score (nSPS) is 13.1. The number of carbonyl (C=O) groups is 2. The molecule has 0 aliphatic carbocycles. The molecule has 3 aromatic carbocycles. The van der Waals surface area contributed by atoms with Gasteiger partial charge in [-0.05, 0) is 29.2 Å². The summed E-state index contributed by atoms with van der Waals surface area (Å²) in [4.78, 5) is 28.4. The average Bonchev–Trinajstić information content (AvgIpc) is 2.96. The van der Waals surface area contributed by atoms with Crippen molar-refractivity contribution in [1.29, 1.82) is 0 Å². The average molecular weight is 504 g/mol. The topological polar surface area (TPSA) is 80.3 Å². The van der Waals surface area contributed by atoms with Gasteiger partial charge < -0.3 is 29.3 Å². The minimum atomic E-state index is -0.445. The molecule has 0 aromatic heterocycles. The molecular formula is C29H33N3O5. The molecule has 0 spiro atoms. The van der Waals surface area contributed by atoms with Gasteiger partial charge in [0.2, 0.25) is 0 Å². The molecule has 1 N–H and O–H groups in total. The van der Waals surface area contributed by atoms with Crippen LogP contribution in [-0.2, 0) is 29.1 Å². The molecule has 1 aliphatic heterocycles. The van der Waals surface area contributed by atoms with Crippen molar-refractivity contribution in [3.63, 3.8) is 0 Å². The van der Waals surface area contributed by atoms with E-state index < -0.39 is 6.09 Å². The number of benzene rings is 3. The summed E-state index contributed by atoms with van der Waals surface area (Å²) in [5.41, 5.74) is 3.95. The van der Waals surface area contributed by atoms with Gasteiger partial charge in [-0.2, -0.15) is 0 Å². The van der Waals surface area contributed by atoms with Gasteiger partial charge in [-0.3, -0.25) is 0 Å². The number of amides is 2. The molecule has 1 saturated heterocycles. The van der Waals surface area contributed by atoms with Gasteiger partial charge in [0.1, 0.15) is 19.0 Å². The van der Waals surface area contributed by atoms with Crippen molar-refractivity contribution >= 4 is 17.9 Å². The van der Waals surface area contributed by atoms with Gasteiger partial charge in [-0.25, -0.2) is 9.59 Å². The van der Waals surface area contributed by atoms with Gasteiger partial charge in [0.25, 0.3) is 0 Å². The van der Waals surface area contributed by atoms with Crippen LogP contribution in [-0.4, -0.2) is 56.9 Å². The maximum atomic E-state index is 12.4. The van der Waals surface area contributed by atoms with E-state index in [2.05, 4.69) is 16.3 Å². The Balaban J connectivity index is 1.21. The number of rotatable bonds is 9. The first-order valence-electron chi connectivity index (χ1n) is 12.4. The van der Waals surface area contributed by atoms with Crippen LogP contribution >= 0.6 is 0 Å². The number of hydrogen-bond donors (Lipinski definition) is 1. The Labute approximate surface area is 217 Å². The summed E-state index contributed by atoms with van der Waals surface area (Å²) in [5.74, 6) is 0.765. The molecule has 1 heterocycles. The zero-order valence-corrected chi connectivity index (χ0v) is 21.1. The van der Waals surface area contributed by atoms with Crippen molar-refractivity contribution in [2.45, 2.75) is 19.6 Å². The van der Waals surface area contributed by atoms with E-state index in [-0.39, 0.29) is 19.3 Å². The van der Waals surface area contributed by atoms with Gasteiger partial charge in [-0.1, -0.05) is 66.7 Å². The zero-order chi connectivity index (χ0) is 25.9. The largest absolute Gasteiger partial charge is 0.496 e. The molecule has 0 radical (unpaired) electrons. The van der Waals surface area contributed by atoms with E-state index in [1.807, 2.05) is 72.8 Å². The molecule has 37 heavy (non-hydrogen) atoms. The maximum absolute atomic E-state index is 12.4. The Kier molecular flexibility index (Phi) is 9.23. The Morgan fingerprint density at radius 1 is 0.811 bits per heavy atom. The number of carbonyl (C=O) groups excluding carboxylic acids is 2. The molecule has 0 unspecified atom stereocenters. The molecule has 4 rings (SSSR count). The van der Waals surface area contributed by atoms with Crippen molar-refractivity contribution in [2.75, 3.05) is 44.7 Å². The number of nitrogens with zero attached hydrogens (tertiary/aromatic N) is 2. The summed E-state index contributed by atoms with van der Waals surface area (Å²) in [7, 11) is 1.64. The Hall–Kier alpha value is -4.20. The number of anilines is 1. The lowest BCUT2D eigenvalue weighted by atomic mass is 10.1. The molecule has 194 valence electrons. The standard InChI is InChI=1S/C29H33N3O5/c1-35-27-20-26(13-12-25(27)14-15-30-28(33)36-21-23-8-4-2-5-9-23)31-16-18-32(19-17-31)29(34)37-22-24-10-6-3-7-11-24/h2-13,20H,14-19,21-22H2,1H3,(H,30,33). The van der Waals surface area contributed by atoms with E-state index in [1.54, 1.807) is 12.0 Å². The number of nitrogens with one attached hydrogen (secondary N) is 1. The Morgan fingerprint density at radius 3 is 2.05 bits per heavy atom. The summed E-state index contributed by atoms with van der Waals surface area (Å²) in [6, 6.07) is 25.3. The van der Waals surface area contributed by atoms with Crippen LogP contribution in [0.5, 0.6) is 5.75 Å². The summed E-state index contributed by atoms with van der Waals surface area (Å²) in [5, 5.41) is 2.79. The minimum absolute atomic E-state index is 0.239. The van der Waals surface area contributed by atoms with Crippen LogP contribution < -0.4 is 15.0 Å². The predicted octanol–water partition coefficient (Wildman–Crippen LogP) is 4.62. The first-order chi connectivity index (χ1) is 18.1. The maximum Gasteiger partial charge on any atom is 0.410 e. The third kappa shape index (κ3) is 7.64. The summed E-state index contributed by atoms with van der Waals surface area (Å²) in [6.45, 7) is 3.54. The number of hydrogen-bond acceptors (Lipinski definition) is 6. The van der Waals surface area contributed by atoms with Gasteiger partial charge in [0.15, 0.2) is 0 Å². The Bertz CT molecular complexity index is 1150. The fraction of sp³-hybridized carbons (Fsp3) is 0.310. The molecule has 1 aliphatic rings. The van der Waals surface area contributed by atoms with Crippen molar-refractivity contribution < 1.29 is 23.8 Å². The molecule has 8 heteroatoms. The van der Waals surface area contributed by atoms with Crippen LogP contribution in [0.15, 0.2) is 78.9 Å². The van der Waals surface area contributed by atoms with E-state index in [4.69, 9.17) is 14.2 Å². The van der Waals surface area contributed by atoms with Crippen LogP contribution in [0.1, 0.15) is 16.7 Å². The zero-order valence-electron chi connectivity index (χ0n) is 21.1. The van der Waals surface area contributed by atoms with E-state index in [0.29, 0.717) is 39.1 Å². The monoisotopic (exact) mass is 503 g/mol. The second-order valence-corrected chi connectivity index (χ2v) is 8.75. The van der Waals surface area contributed by atoms with Crippen LogP contribution in [0.2, 0.25) is 0 Å². The van der Waals surface area contributed by atoms with Crippen LogP contribution in [0.25, 0.3) is 0 Å². The van der Waals surface area contributed by atoms with Gasteiger partial charge in [0.05, 0.1) is 7.11 Å². The minimum Gasteiger partial charge on any atom is -0.496 e. The van der Waals surface area contributed by atoms with E-state index in [9.17, 15) is 9.59 Å². The number of ether oxygens (including phenoxy) is 3. The van der Waals surface area contributed by atoms with E-state index in [1.165, 1.54) is 0 Å².